The quantitative estimate of drug-likeness (QED) is 0.776. The summed E-state index contributed by atoms with van der Waals surface area (Å²) in [5.74, 6) is 0.438. The SMILES string of the molecule is NC(=O)c1c(N)sc2c1CCC(CCO)(CC1CC1)C2. The highest BCUT2D eigenvalue weighted by atomic mass is 32.1. The fourth-order valence-electron chi connectivity index (χ4n) is 3.69. The number of nitrogen functional groups attached to an aromatic ring is 1. The molecule has 20 heavy (non-hydrogen) atoms. The third kappa shape index (κ3) is 2.44. The Morgan fingerprint density at radius 3 is 2.80 bits per heavy atom. The number of primary amides is 1. The Hall–Kier alpha value is -1.07. The topological polar surface area (TPSA) is 89.3 Å². The molecule has 1 saturated carbocycles. The molecule has 0 aliphatic heterocycles. The van der Waals surface area contributed by atoms with Crippen molar-refractivity contribution < 1.29 is 9.90 Å². The lowest BCUT2D eigenvalue weighted by Gasteiger charge is -2.37. The molecular weight excluding hydrogens is 272 g/mol. The maximum atomic E-state index is 11.5. The first kappa shape index (κ1) is 13.9. The molecule has 0 bridgehead atoms. The Kier molecular flexibility index (Phi) is 3.50. The van der Waals surface area contributed by atoms with Crippen molar-refractivity contribution in [3.05, 3.63) is 16.0 Å². The molecule has 110 valence electrons. The molecule has 3 rings (SSSR count). The molecule has 0 aromatic carbocycles. The molecule has 5 N–H and O–H groups in total. The van der Waals surface area contributed by atoms with Gasteiger partial charge in [-0.1, -0.05) is 12.8 Å². The van der Waals surface area contributed by atoms with Crippen LogP contribution in [-0.4, -0.2) is 17.6 Å². The van der Waals surface area contributed by atoms with Crippen LogP contribution in [0.15, 0.2) is 0 Å². The summed E-state index contributed by atoms with van der Waals surface area (Å²) in [4.78, 5) is 12.8. The number of hydrogen-bond donors (Lipinski definition) is 3. The number of hydrogen-bond acceptors (Lipinski definition) is 4. The fraction of sp³-hybridized carbons (Fsp3) is 0.667. The van der Waals surface area contributed by atoms with Gasteiger partial charge in [-0.2, -0.15) is 0 Å². The van der Waals surface area contributed by atoms with Crippen molar-refractivity contribution in [1.82, 2.24) is 0 Å². The van der Waals surface area contributed by atoms with Gasteiger partial charge in [-0.05, 0) is 49.0 Å². The largest absolute Gasteiger partial charge is 0.396 e. The van der Waals surface area contributed by atoms with Crippen molar-refractivity contribution in [1.29, 1.82) is 0 Å². The van der Waals surface area contributed by atoms with Crippen molar-refractivity contribution in [3.63, 3.8) is 0 Å². The van der Waals surface area contributed by atoms with E-state index in [1.807, 2.05) is 0 Å². The summed E-state index contributed by atoms with van der Waals surface area (Å²) in [5.41, 5.74) is 13.2. The highest BCUT2D eigenvalue weighted by Crippen LogP contribution is 2.51. The minimum Gasteiger partial charge on any atom is -0.396 e. The van der Waals surface area contributed by atoms with E-state index >= 15 is 0 Å². The van der Waals surface area contributed by atoms with Crippen molar-refractivity contribution in [2.45, 2.75) is 44.9 Å². The zero-order valence-corrected chi connectivity index (χ0v) is 12.5. The van der Waals surface area contributed by atoms with E-state index in [2.05, 4.69) is 0 Å². The Morgan fingerprint density at radius 1 is 1.45 bits per heavy atom. The summed E-state index contributed by atoms with van der Waals surface area (Å²) >= 11 is 1.52. The molecule has 2 aliphatic carbocycles. The number of rotatable bonds is 5. The smallest absolute Gasteiger partial charge is 0.251 e. The molecule has 0 saturated heterocycles. The van der Waals surface area contributed by atoms with E-state index in [4.69, 9.17) is 11.5 Å². The normalized spacial score (nSPS) is 25.4. The first-order valence-electron chi connectivity index (χ1n) is 7.35. The summed E-state index contributed by atoms with van der Waals surface area (Å²) in [6.45, 7) is 0.242. The van der Waals surface area contributed by atoms with Gasteiger partial charge in [-0.15, -0.1) is 11.3 Å². The van der Waals surface area contributed by atoms with Gasteiger partial charge < -0.3 is 16.6 Å². The van der Waals surface area contributed by atoms with Gasteiger partial charge in [0.25, 0.3) is 5.91 Å². The molecule has 2 aliphatic rings. The number of thiophene rings is 1. The summed E-state index contributed by atoms with van der Waals surface area (Å²) in [5, 5.41) is 9.98. The van der Waals surface area contributed by atoms with Gasteiger partial charge in [-0.3, -0.25) is 4.79 Å². The van der Waals surface area contributed by atoms with Crippen LogP contribution in [-0.2, 0) is 12.8 Å². The molecule has 0 spiro atoms. The zero-order valence-electron chi connectivity index (χ0n) is 11.7. The Balaban J connectivity index is 1.89. The summed E-state index contributed by atoms with van der Waals surface area (Å²) in [6, 6.07) is 0. The average Bonchev–Trinajstić information content (AvgIpc) is 3.09. The van der Waals surface area contributed by atoms with Crippen molar-refractivity contribution in [3.8, 4) is 0 Å². The van der Waals surface area contributed by atoms with Crippen LogP contribution >= 0.6 is 11.3 Å². The molecule has 1 aromatic rings. The Labute approximate surface area is 123 Å². The van der Waals surface area contributed by atoms with Crippen LogP contribution in [0.25, 0.3) is 0 Å². The van der Waals surface area contributed by atoms with Crippen LogP contribution in [0.2, 0.25) is 0 Å². The molecule has 1 amide bonds. The number of carbonyl (C=O) groups excluding carboxylic acids is 1. The molecule has 1 unspecified atom stereocenters. The second-order valence-corrected chi connectivity index (χ2v) is 7.54. The maximum Gasteiger partial charge on any atom is 0.251 e. The summed E-state index contributed by atoms with van der Waals surface area (Å²) in [6.07, 6.45) is 7.57. The zero-order chi connectivity index (χ0) is 14.3. The summed E-state index contributed by atoms with van der Waals surface area (Å²) < 4.78 is 0. The monoisotopic (exact) mass is 294 g/mol. The van der Waals surface area contributed by atoms with Crippen LogP contribution in [0.4, 0.5) is 5.00 Å². The number of aliphatic hydroxyl groups excluding tert-OH is 1. The minimum atomic E-state index is -0.406. The van der Waals surface area contributed by atoms with Crippen LogP contribution in [0.5, 0.6) is 0 Å². The van der Waals surface area contributed by atoms with E-state index in [1.165, 1.54) is 35.5 Å². The van der Waals surface area contributed by atoms with Gasteiger partial charge in [0.2, 0.25) is 0 Å². The lowest BCUT2D eigenvalue weighted by Crippen LogP contribution is -2.31. The predicted octanol–water partition coefficient (Wildman–Crippen LogP) is 2.09. The van der Waals surface area contributed by atoms with Crippen LogP contribution < -0.4 is 11.5 Å². The van der Waals surface area contributed by atoms with E-state index < -0.39 is 5.91 Å². The number of anilines is 1. The number of fused-ring (bicyclic) bond motifs is 1. The van der Waals surface area contributed by atoms with Gasteiger partial charge in [0, 0.05) is 11.5 Å². The minimum absolute atomic E-state index is 0.203. The molecule has 0 radical (unpaired) electrons. The molecular formula is C15H22N2O2S. The van der Waals surface area contributed by atoms with Crippen LogP contribution in [0.1, 0.15) is 52.9 Å². The predicted molar refractivity (Wildman–Crippen MR) is 80.8 cm³/mol. The average molecular weight is 294 g/mol. The second-order valence-electron chi connectivity index (χ2n) is 6.41. The van der Waals surface area contributed by atoms with Gasteiger partial charge in [0.1, 0.15) is 0 Å². The van der Waals surface area contributed by atoms with E-state index in [1.54, 1.807) is 0 Å². The number of carbonyl (C=O) groups is 1. The molecule has 1 aromatic heterocycles. The third-order valence-electron chi connectivity index (χ3n) is 4.87. The van der Waals surface area contributed by atoms with Gasteiger partial charge in [0.15, 0.2) is 0 Å². The molecule has 5 heteroatoms. The van der Waals surface area contributed by atoms with Crippen molar-refractivity contribution in [2.75, 3.05) is 12.3 Å². The number of nitrogens with two attached hydrogens (primary N) is 2. The molecule has 1 atom stereocenters. The van der Waals surface area contributed by atoms with Crippen LogP contribution in [0, 0.1) is 11.3 Å². The molecule has 1 heterocycles. The van der Waals surface area contributed by atoms with Crippen molar-refractivity contribution in [2.24, 2.45) is 17.1 Å². The Morgan fingerprint density at radius 2 is 2.20 bits per heavy atom. The third-order valence-corrected chi connectivity index (χ3v) is 5.93. The van der Waals surface area contributed by atoms with E-state index in [-0.39, 0.29) is 12.0 Å². The molecule has 4 nitrogen and oxygen atoms in total. The second kappa shape index (κ2) is 5.04. The molecule has 1 fully saturated rings. The maximum absolute atomic E-state index is 11.5. The first-order chi connectivity index (χ1) is 9.54. The highest BCUT2D eigenvalue weighted by molar-refractivity contribution is 7.16. The lowest BCUT2D eigenvalue weighted by atomic mass is 9.68. The van der Waals surface area contributed by atoms with E-state index in [0.29, 0.717) is 10.6 Å². The fourth-order valence-corrected chi connectivity index (χ4v) is 4.99. The number of aliphatic hydroxyl groups is 1. The van der Waals surface area contributed by atoms with Gasteiger partial charge >= 0.3 is 0 Å². The van der Waals surface area contributed by atoms with E-state index in [9.17, 15) is 9.90 Å². The van der Waals surface area contributed by atoms with E-state index in [0.717, 1.165) is 37.2 Å². The van der Waals surface area contributed by atoms with Crippen LogP contribution in [0.3, 0.4) is 0 Å². The first-order valence-corrected chi connectivity index (χ1v) is 8.17. The van der Waals surface area contributed by atoms with Crippen molar-refractivity contribution >= 4 is 22.2 Å². The highest BCUT2D eigenvalue weighted by Gasteiger charge is 2.40. The summed E-state index contributed by atoms with van der Waals surface area (Å²) in [7, 11) is 0. The lowest BCUT2D eigenvalue weighted by molar-refractivity contribution is 0.0998. The number of amides is 1. The van der Waals surface area contributed by atoms with Gasteiger partial charge in [0.05, 0.1) is 10.6 Å². The van der Waals surface area contributed by atoms with Gasteiger partial charge in [-0.25, -0.2) is 0 Å². The standard InChI is InChI=1S/C15H22N2O2S/c16-13(19)12-10-3-4-15(5-6-18,7-9-1-2-9)8-11(10)20-14(12)17/h9,18H,1-8,17H2,(H2,16,19). The Bertz CT molecular complexity index is 536.